The second kappa shape index (κ2) is 9.38. The zero-order valence-corrected chi connectivity index (χ0v) is 16.9. The quantitative estimate of drug-likeness (QED) is 0.677. The standard InChI is InChI=1S/C17H20N4O2S3/c1-2-8-18-14(22)10-24-16-19-20-17(26-16)25-11-15(23)21-9-7-12-5-3-4-6-13(12)21/h3-6H,2,7-11H2,1H3,(H,18,22). The highest BCUT2D eigenvalue weighted by atomic mass is 32.2. The van der Waals surface area contributed by atoms with Gasteiger partial charge in [0.1, 0.15) is 0 Å². The summed E-state index contributed by atoms with van der Waals surface area (Å²) in [6.07, 6.45) is 1.83. The maximum absolute atomic E-state index is 12.5. The fraction of sp³-hybridized carbons (Fsp3) is 0.412. The third-order valence-electron chi connectivity index (χ3n) is 3.79. The van der Waals surface area contributed by atoms with Crippen LogP contribution < -0.4 is 10.2 Å². The van der Waals surface area contributed by atoms with E-state index in [9.17, 15) is 9.59 Å². The lowest BCUT2D eigenvalue weighted by atomic mass is 10.2. The highest BCUT2D eigenvalue weighted by Gasteiger charge is 2.24. The second-order valence-corrected chi connectivity index (χ2v) is 9.11. The summed E-state index contributed by atoms with van der Waals surface area (Å²) in [7, 11) is 0. The van der Waals surface area contributed by atoms with E-state index in [1.54, 1.807) is 0 Å². The molecule has 0 spiro atoms. The van der Waals surface area contributed by atoms with E-state index in [0.717, 1.165) is 33.8 Å². The number of carbonyl (C=O) groups is 2. The van der Waals surface area contributed by atoms with Crippen LogP contribution in [0.25, 0.3) is 0 Å². The molecule has 0 radical (unpaired) electrons. The summed E-state index contributed by atoms with van der Waals surface area (Å²) >= 11 is 4.19. The smallest absolute Gasteiger partial charge is 0.237 e. The van der Waals surface area contributed by atoms with Gasteiger partial charge in [0, 0.05) is 18.8 Å². The summed E-state index contributed by atoms with van der Waals surface area (Å²) < 4.78 is 1.50. The molecule has 0 bridgehead atoms. The lowest BCUT2D eigenvalue weighted by molar-refractivity contribution is -0.118. The molecule has 1 aliphatic heterocycles. The summed E-state index contributed by atoms with van der Waals surface area (Å²) in [6.45, 7) is 3.45. The molecular formula is C17H20N4O2S3. The maximum Gasteiger partial charge on any atom is 0.237 e. The van der Waals surface area contributed by atoms with Gasteiger partial charge in [0.15, 0.2) is 8.68 Å². The van der Waals surface area contributed by atoms with Crippen LogP contribution in [0.2, 0.25) is 0 Å². The Morgan fingerprint density at radius 2 is 1.92 bits per heavy atom. The fourth-order valence-electron chi connectivity index (χ4n) is 2.56. The molecule has 0 saturated carbocycles. The minimum atomic E-state index is 0.00382. The van der Waals surface area contributed by atoms with Crippen LogP contribution in [0, 0.1) is 0 Å². The molecule has 2 amide bonds. The van der Waals surface area contributed by atoms with Crippen LogP contribution in [0.15, 0.2) is 32.9 Å². The number of fused-ring (bicyclic) bond motifs is 1. The average molecular weight is 409 g/mol. The Bertz CT molecular complexity index is 781. The molecule has 0 fully saturated rings. The van der Waals surface area contributed by atoms with Crippen LogP contribution in [0.5, 0.6) is 0 Å². The van der Waals surface area contributed by atoms with E-state index in [4.69, 9.17) is 0 Å². The number of thioether (sulfide) groups is 2. The Kier molecular flexibility index (Phi) is 6.93. The van der Waals surface area contributed by atoms with Gasteiger partial charge in [-0.05, 0) is 24.5 Å². The van der Waals surface area contributed by atoms with Crippen molar-refractivity contribution in [1.82, 2.24) is 15.5 Å². The number of hydrogen-bond acceptors (Lipinski definition) is 7. The Balaban J connectivity index is 1.46. The summed E-state index contributed by atoms with van der Waals surface area (Å²) in [6, 6.07) is 8.03. The van der Waals surface area contributed by atoms with E-state index in [0.29, 0.717) is 18.1 Å². The minimum absolute atomic E-state index is 0.00382. The van der Waals surface area contributed by atoms with Gasteiger partial charge < -0.3 is 10.2 Å². The van der Waals surface area contributed by atoms with Gasteiger partial charge in [-0.2, -0.15) is 0 Å². The van der Waals surface area contributed by atoms with Crippen LogP contribution in [0.1, 0.15) is 18.9 Å². The third-order valence-corrected chi connectivity index (χ3v) is 6.97. The summed E-state index contributed by atoms with van der Waals surface area (Å²) in [5.74, 6) is 0.764. The van der Waals surface area contributed by atoms with Crippen molar-refractivity contribution < 1.29 is 9.59 Å². The molecule has 6 nitrogen and oxygen atoms in total. The van der Waals surface area contributed by atoms with Gasteiger partial charge in [0.2, 0.25) is 11.8 Å². The molecule has 3 rings (SSSR count). The van der Waals surface area contributed by atoms with Gasteiger partial charge in [-0.3, -0.25) is 9.59 Å². The number of rotatable bonds is 8. The number of amides is 2. The molecule has 0 aliphatic carbocycles. The average Bonchev–Trinajstić information content (AvgIpc) is 3.29. The molecule has 2 heterocycles. The summed E-state index contributed by atoms with van der Waals surface area (Å²) in [4.78, 5) is 26.0. The highest BCUT2D eigenvalue weighted by Crippen LogP contribution is 2.31. The number of para-hydroxylation sites is 1. The molecule has 2 aromatic rings. The van der Waals surface area contributed by atoms with Crippen LogP contribution >= 0.6 is 34.9 Å². The van der Waals surface area contributed by atoms with Crippen molar-refractivity contribution in [3.05, 3.63) is 29.8 Å². The molecule has 0 saturated heterocycles. The van der Waals surface area contributed by atoms with Crippen molar-refractivity contribution in [3.8, 4) is 0 Å². The molecule has 0 unspecified atom stereocenters. The zero-order valence-electron chi connectivity index (χ0n) is 14.4. The van der Waals surface area contributed by atoms with E-state index in [-0.39, 0.29) is 11.8 Å². The molecule has 0 atom stereocenters. The van der Waals surface area contributed by atoms with Crippen molar-refractivity contribution in [2.45, 2.75) is 28.4 Å². The van der Waals surface area contributed by atoms with Crippen LogP contribution in [-0.4, -0.2) is 46.6 Å². The third kappa shape index (κ3) is 4.99. The maximum atomic E-state index is 12.5. The van der Waals surface area contributed by atoms with Crippen molar-refractivity contribution in [2.24, 2.45) is 0 Å². The number of nitrogens with zero attached hydrogens (tertiary/aromatic N) is 3. The summed E-state index contributed by atoms with van der Waals surface area (Å²) in [5, 5.41) is 11.0. The molecule has 26 heavy (non-hydrogen) atoms. The first-order valence-electron chi connectivity index (χ1n) is 8.41. The molecular weight excluding hydrogens is 388 g/mol. The molecule has 1 aromatic heterocycles. The Labute approximate surface area is 165 Å². The van der Waals surface area contributed by atoms with Gasteiger partial charge in [0.05, 0.1) is 11.5 Å². The molecule has 1 aromatic carbocycles. The Morgan fingerprint density at radius 1 is 1.19 bits per heavy atom. The first-order chi connectivity index (χ1) is 12.7. The van der Waals surface area contributed by atoms with Crippen LogP contribution in [-0.2, 0) is 16.0 Å². The van der Waals surface area contributed by atoms with Gasteiger partial charge >= 0.3 is 0 Å². The van der Waals surface area contributed by atoms with E-state index in [1.807, 2.05) is 30.0 Å². The normalized spacial score (nSPS) is 12.9. The van der Waals surface area contributed by atoms with E-state index in [1.165, 1.54) is 40.4 Å². The SMILES string of the molecule is CCCNC(=O)CSc1nnc(SCC(=O)N2CCc3ccccc32)s1. The molecule has 1 N–H and O–H groups in total. The lowest BCUT2D eigenvalue weighted by Crippen LogP contribution is -2.30. The molecule has 1 aliphatic rings. The minimum Gasteiger partial charge on any atom is -0.355 e. The number of aromatic nitrogens is 2. The first kappa shape index (κ1) is 19.2. The van der Waals surface area contributed by atoms with Gasteiger partial charge in [-0.15, -0.1) is 10.2 Å². The number of hydrogen-bond donors (Lipinski definition) is 1. The number of benzene rings is 1. The van der Waals surface area contributed by atoms with Gasteiger partial charge in [0.25, 0.3) is 0 Å². The topological polar surface area (TPSA) is 75.2 Å². The second-order valence-electron chi connectivity index (χ2n) is 5.69. The Morgan fingerprint density at radius 3 is 2.69 bits per heavy atom. The molecule has 9 heteroatoms. The van der Waals surface area contributed by atoms with Gasteiger partial charge in [-0.25, -0.2) is 0 Å². The lowest BCUT2D eigenvalue weighted by Gasteiger charge is -2.16. The van der Waals surface area contributed by atoms with E-state index >= 15 is 0 Å². The Hall–Kier alpha value is -1.58. The molecule has 138 valence electrons. The van der Waals surface area contributed by atoms with Crippen molar-refractivity contribution in [3.63, 3.8) is 0 Å². The van der Waals surface area contributed by atoms with Crippen molar-refractivity contribution in [1.29, 1.82) is 0 Å². The van der Waals surface area contributed by atoms with Crippen molar-refractivity contribution in [2.75, 3.05) is 29.5 Å². The van der Waals surface area contributed by atoms with Crippen LogP contribution in [0.3, 0.4) is 0 Å². The predicted octanol–water partition coefficient (Wildman–Crippen LogP) is 2.84. The monoisotopic (exact) mass is 408 g/mol. The largest absolute Gasteiger partial charge is 0.355 e. The van der Waals surface area contributed by atoms with E-state index < -0.39 is 0 Å². The number of carbonyl (C=O) groups excluding carboxylic acids is 2. The first-order valence-corrected chi connectivity index (χ1v) is 11.2. The number of anilines is 1. The zero-order chi connectivity index (χ0) is 18.4. The van der Waals surface area contributed by atoms with Crippen molar-refractivity contribution >= 4 is 52.4 Å². The predicted molar refractivity (Wildman–Crippen MR) is 107 cm³/mol. The van der Waals surface area contributed by atoms with Crippen LogP contribution in [0.4, 0.5) is 5.69 Å². The van der Waals surface area contributed by atoms with Gasteiger partial charge in [-0.1, -0.05) is 60.0 Å². The van der Waals surface area contributed by atoms with E-state index in [2.05, 4.69) is 21.6 Å². The highest BCUT2D eigenvalue weighted by molar-refractivity contribution is 8.03. The number of nitrogens with one attached hydrogen (secondary N) is 1. The summed E-state index contributed by atoms with van der Waals surface area (Å²) in [5.41, 5.74) is 2.24. The fourth-order valence-corrected chi connectivity index (χ4v) is 5.28.